The smallest absolute Gasteiger partial charge is 0.236 e. The van der Waals surface area contributed by atoms with Gasteiger partial charge in [-0.25, -0.2) is 0 Å². The first-order chi connectivity index (χ1) is 9.49. The second-order valence-corrected chi connectivity index (χ2v) is 6.07. The predicted octanol–water partition coefficient (Wildman–Crippen LogP) is 2.72. The van der Waals surface area contributed by atoms with Crippen LogP contribution in [-0.4, -0.2) is 34.4 Å². The predicted molar refractivity (Wildman–Crippen MR) is 80.7 cm³/mol. The Morgan fingerprint density at radius 2 is 1.95 bits per heavy atom. The highest BCUT2D eigenvalue weighted by Gasteiger charge is 2.47. The Morgan fingerprint density at radius 3 is 2.40 bits per heavy atom. The van der Waals surface area contributed by atoms with Gasteiger partial charge in [0.1, 0.15) is 5.41 Å². The fraction of sp³-hybridized carbons (Fsp3) is 0.867. The van der Waals surface area contributed by atoms with Crippen molar-refractivity contribution in [3.05, 3.63) is 0 Å². The zero-order valence-electron chi connectivity index (χ0n) is 13.1. The highest BCUT2D eigenvalue weighted by molar-refractivity contribution is 6.07. The normalized spacial score (nSPS) is 18.5. The molecule has 0 saturated heterocycles. The minimum Gasteiger partial charge on any atom is -0.409 e. The van der Waals surface area contributed by atoms with E-state index in [1.807, 2.05) is 18.7 Å². The van der Waals surface area contributed by atoms with Crippen LogP contribution in [0, 0.1) is 5.41 Å². The van der Waals surface area contributed by atoms with E-state index in [1.165, 1.54) is 0 Å². The number of hydrogen-bond donors (Lipinski definition) is 2. The van der Waals surface area contributed by atoms with Gasteiger partial charge in [-0.15, -0.1) is 0 Å². The van der Waals surface area contributed by atoms with Gasteiger partial charge >= 0.3 is 0 Å². The molecule has 0 bridgehead atoms. The summed E-state index contributed by atoms with van der Waals surface area (Å²) < 4.78 is 0. The first-order valence-electron chi connectivity index (χ1n) is 7.78. The van der Waals surface area contributed by atoms with Crippen molar-refractivity contribution in [2.75, 3.05) is 6.54 Å². The molecular weight excluding hydrogens is 254 g/mol. The molecule has 1 amide bonds. The third kappa shape index (κ3) is 3.44. The van der Waals surface area contributed by atoms with Crippen molar-refractivity contribution in [2.45, 2.75) is 71.8 Å². The number of unbranched alkanes of at least 4 members (excludes halogenated alkanes) is 2. The van der Waals surface area contributed by atoms with E-state index in [-0.39, 0.29) is 17.8 Å². The molecule has 5 nitrogen and oxygen atoms in total. The van der Waals surface area contributed by atoms with Crippen LogP contribution in [0.2, 0.25) is 0 Å². The molecule has 0 atom stereocenters. The summed E-state index contributed by atoms with van der Waals surface area (Å²) in [6.45, 7) is 6.96. The number of hydrogen-bond acceptors (Lipinski definition) is 3. The standard InChI is InChI=1S/C15H29N3O2/c1-4-5-8-11-18(12(2)3)14(19)15(13(16)17-20)9-6-7-10-15/h12,20H,4-11H2,1-3H3,(H2,16,17). The van der Waals surface area contributed by atoms with E-state index in [2.05, 4.69) is 12.1 Å². The lowest BCUT2D eigenvalue weighted by Crippen LogP contribution is -2.52. The molecule has 0 heterocycles. The molecule has 0 aliphatic heterocycles. The molecule has 1 rings (SSSR count). The molecule has 20 heavy (non-hydrogen) atoms. The van der Waals surface area contributed by atoms with E-state index in [0.29, 0.717) is 12.8 Å². The number of nitrogens with two attached hydrogens (primary N) is 1. The van der Waals surface area contributed by atoms with Gasteiger partial charge in [-0.05, 0) is 33.1 Å². The van der Waals surface area contributed by atoms with Crippen LogP contribution in [-0.2, 0) is 4.79 Å². The summed E-state index contributed by atoms with van der Waals surface area (Å²) in [6, 6.07) is 0.142. The van der Waals surface area contributed by atoms with Gasteiger partial charge in [0.25, 0.3) is 0 Å². The van der Waals surface area contributed by atoms with Crippen molar-refractivity contribution in [3.63, 3.8) is 0 Å². The zero-order valence-corrected chi connectivity index (χ0v) is 13.1. The van der Waals surface area contributed by atoms with Crippen LogP contribution >= 0.6 is 0 Å². The highest BCUT2D eigenvalue weighted by Crippen LogP contribution is 2.40. The van der Waals surface area contributed by atoms with Crippen molar-refractivity contribution in [1.82, 2.24) is 4.90 Å². The number of carbonyl (C=O) groups excluding carboxylic acids is 1. The van der Waals surface area contributed by atoms with Crippen molar-refractivity contribution >= 4 is 11.7 Å². The van der Waals surface area contributed by atoms with Gasteiger partial charge in [-0.2, -0.15) is 0 Å². The second-order valence-electron chi connectivity index (χ2n) is 6.07. The largest absolute Gasteiger partial charge is 0.409 e. The number of carbonyl (C=O) groups is 1. The molecule has 5 heteroatoms. The van der Waals surface area contributed by atoms with E-state index in [4.69, 9.17) is 10.9 Å². The van der Waals surface area contributed by atoms with E-state index in [9.17, 15) is 4.79 Å². The van der Waals surface area contributed by atoms with Crippen molar-refractivity contribution < 1.29 is 10.0 Å². The maximum absolute atomic E-state index is 13.0. The van der Waals surface area contributed by atoms with Gasteiger partial charge in [0.05, 0.1) is 0 Å². The molecule has 1 fully saturated rings. The molecule has 1 saturated carbocycles. The van der Waals surface area contributed by atoms with Crippen molar-refractivity contribution in [3.8, 4) is 0 Å². The van der Waals surface area contributed by atoms with Crippen LogP contribution in [0.25, 0.3) is 0 Å². The summed E-state index contributed by atoms with van der Waals surface area (Å²) in [6.07, 6.45) is 6.56. The summed E-state index contributed by atoms with van der Waals surface area (Å²) >= 11 is 0. The van der Waals surface area contributed by atoms with Gasteiger partial charge in [-0.1, -0.05) is 37.8 Å². The van der Waals surface area contributed by atoms with Gasteiger partial charge in [0.2, 0.25) is 5.91 Å². The van der Waals surface area contributed by atoms with Crippen molar-refractivity contribution in [1.29, 1.82) is 0 Å². The quantitative estimate of drug-likeness (QED) is 0.248. The average Bonchev–Trinajstić information content (AvgIpc) is 2.92. The van der Waals surface area contributed by atoms with E-state index >= 15 is 0 Å². The minimum atomic E-state index is -0.773. The molecule has 0 aromatic carbocycles. The summed E-state index contributed by atoms with van der Waals surface area (Å²) in [5.41, 5.74) is 5.09. The van der Waals surface area contributed by atoms with Gasteiger partial charge < -0.3 is 15.8 Å². The highest BCUT2D eigenvalue weighted by atomic mass is 16.4. The summed E-state index contributed by atoms with van der Waals surface area (Å²) in [4.78, 5) is 14.9. The maximum Gasteiger partial charge on any atom is 0.236 e. The van der Waals surface area contributed by atoms with Crippen LogP contribution in [0.5, 0.6) is 0 Å². The summed E-state index contributed by atoms with van der Waals surface area (Å²) in [5, 5.41) is 12.2. The van der Waals surface area contributed by atoms with E-state index in [1.54, 1.807) is 0 Å². The molecule has 116 valence electrons. The topological polar surface area (TPSA) is 78.9 Å². The Hall–Kier alpha value is -1.26. The monoisotopic (exact) mass is 283 g/mol. The molecule has 1 aliphatic carbocycles. The molecule has 0 aromatic heterocycles. The number of amides is 1. The first-order valence-corrected chi connectivity index (χ1v) is 7.78. The number of rotatable bonds is 7. The molecular formula is C15H29N3O2. The summed E-state index contributed by atoms with van der Waals surface area (Å²) in [7, 11) is 0. The Bertz CT molecular complexity index is 347. The molecule has 0 radical (unpaired) electrons. The van der Waals surface area contributed by atoms with Gasteiger partial charge in [0.15, 0.2) is 5.84 Å². The van der Waals surface area contributed by atoms with Crippen LogP contribution in [0.1, 0.15) is 65.7 Å². The molecule has 1 aliphatic rings. The Balaban J connectivity index is 2.90. The number of amidine groups is 1. The lowest BCUT2D eigenvalue weighted by molar-refractivity contribution is -0.140. The van der Waals surface area contributed by atoms with Crippen molar-refractivity contribution in [2.24, 2.45) is 16.3 Å². The Morgan fingerprint density at radius 1 is 1.35 bits per heavy atom. The van der Waals surface area contributed by atoms with Crippen LogP contribution in [0.3, 0.4) is 0 Å². The van der Waals surface area contributed by atoms with Crippen LogP contribution < -0.4 is 5.73 Å². The second kappa shape index (κ2) is 7.50. The SMILES string of the molecule is CCCCCN(C(=O)C1(C(N)=NO)CCCC1)C(C)C. The summed E-state index contributed by atoms with van der Waals surface area (Å²) in [5.74, 6) is 0.123. The fourth-order valence-electron chi connectivity index (χ4n) is 3.06. The van der Waals surface area contributed by atoms with E-state index in [0.717, 1.165) is 38.6 Å². The molecule has 0 unspecified atom stereocenters. The third-order valence-corrected chi connectivity index (χ3v) is 4.35. The molecule has 0 spiro atoms. The van der Waals surface area contributed by atoms with Gasteiger partial charge in [0, 0.05) is 12.6 Å². The van der Waals surface area contributed by atoms with Gasteiger partial charge in [-0.3, -0.25) is 4.79 Å². The fourth-order valence-corrected chi connectivity index (χ4v) is 3.06. The molecule has 3 N–H and O–H groups in total. The lowest BCUT2D eigenvalue weighted by atomic mass is 9.82. The molecule has 0 aromatic rings. The van der Waals surface area contributed by atoms with Crippen LogP contribution in [0.15, 0.2) is 5.16 Å². The third-order valence-electron chi connectivity index (χ3n) is 4.35. The van der Waals surface area contributed by atoms with Crippen LogP contribution in [0.4, 0.5) is 0 Å². The lowest BCUT2D eigenvalue weighted by Gasteiger charge is -2.36. The Kier molecular flexibility index (Phi) is 6.30. The number of nitrogens with zero attached hydrogens (tertiary/aromatic N) is 2. The maximum atomic E-state index is 13.0. The minimum absolute atomic E-state index is 0.0383. The van der Waals surface area contributed by atoms with E-state index < -0.39 is 5.41 Å². The zero-order chi connectivity index (χ0) is 15.2. The number of oxime groups is 1. The first kappa shape index (κ1) is 16.8. The average molecular weight is 283 g/mol. The Labute approximate surface area is 122 Å².